The van der Waals surface area contributed by atoms with Gasteiger partial charge in [0, 0.05) is 6.20 Å². The third-order valence-electron chi connectivity index (χ3n) is 2.51. The summed E-state index contributed by atoms with van der Waals surface area (Å²) in [5.41, 5.74) is 2.19. The van der Waals surface area contributed by atoms with Gasteiger partial charge in [0.05, 0.1) is 18.4 Å². The fourth-order valence-corrected chi connectivity index (χ4v) is 1.62. The maximum Gasteiger partial charge on any atom is 0.339 e. The van der Waals surface area contributed by atoms with Gasteiger partial charge < -0.3 is 10.1 Å². The highest BCUT2D eigenvalue weighted by Gasteiger charge is 2.12. The van der Waals surface area contributed by atoms with E-state index in [1.807, 2.05) is 37.3 Å². The lowest BCUT2D eigenvalue weighted by Crippen LogP contribution is -2.06. The lowest BCUT2D eigenvalue weighted by atomic mass is 10.1. The number of methoxy groups -OCH3 is 1. The maximum atomic E-state index is 11.7. The van der Waals surface area contributed by atoms with Crippen molar-refractivity contribution in [2.45, 2.75) is 6.92 Å². The summed E-state index contributed by atoms with van der Waals surface area (Å²) >= 11 is 0. The van der Waals surface area contributed by atoms with Gasteiger partial charge in [-0.15, -0.1) is 0 Å². The van der Waals surface area contributed by atoms with E-state index in [1.54, 1.807) is 12.3 Å². The molecule has 4 heteroatoms. The first-order chi connectivity index (χ1) is 8.70. The standard InChI is InChI=1S/C14H14N2O2/c1-10-6-7-12(11(9-10)14(17)18-2)16-13-5-3-4-8-15-13/h3-9H,1-2H3,(H,15,16). The van der Waals surface area contributed by atoms with E-state index in [0.29, 0.717) is 17.1 Å². The minimum atomic E-state index is -0.364. The molecule has 0 aliphatic rings. The van der Waals surface area contributed by atoms with Crippen molar-refractivity contribution >= 4 is 17.5 Å². The molecule has 0 bridgehead atoms. The van der Waals surface area contributed by atoms with Crippen LogP contribution < -0.4 is 5.32 Å². The zero-order valence-corrected chi connectivity index (χ0v) is 10.3. The zero-order chi connectivity index (χ0) is 13.0. The molecule has 2 rings (SSSR count). The van der Waals surface area contributed by atoms with E-state index in [-0.39, 0.29) is 5.97 Å². The summed E-state index contributed by atoms with van der Waals surface area (Å²) in [4.78, 5) is 15.9. The fraction of sp³-hybridized carbons (Fsp3) is 0.143. The normalized spacial score (nSPS) is 9.89. The van der Waals surface area contributed by atoms with Crippen LogP contribution in [0.3, 0.4) is 0 Å². The Bertz CT molecular complexity index is 553. The monoisotopic (exact) mass is 242 g/mol. The molecular formula is C14H14N2O2. The molecule has 0 radical (unpaired) electrons. The number of nitrogens with one attached hydrogen (secondary N) is 1. The van der Waals surface area contributed by atoms with Gasteiger partial charge in [-0.2, -0.15) is 0 Å². The number of esters is 1. The molecule has 0 fully saturated rings. The number of aryl methyl sites for hydroxylation is 1. The molecular weight excluding hydrogens is 228 g/mol. The van der Waals surface area contributed by atoms with Crippen LogP contribution in [0.2, 0.25) is 0 Å². The van der Waals surface area contributed by atoms with Gasteiger partial charge in [-0.3, -0.25) is 0 Å². The van der Waals surface area contributed by atoms with E-state index in [0.717, 1.165) is 5.56 Å². The molecule has 0 unspecified atom stereocenters. The summed E-state index contributed by atoms with van der Waals surface area (Å²) in [5, 5.41) is 3.10. The number of nitrogens with zero attached hydrogens (tertiary/aromatic N) is 1. The van der Waals surface area contributed by atoms with Crippen molar-refractivity contribution in [2.75, 3.05) is 12.4 Å². The smallest absolute Gasteiger partial charge is 0.339 e. The van der Waals surface area contributed by atoms with Crippen molar-refractivity contribution in [3.05, 3.63) is 53.7 Å². The molecule has 0 saturated heterocycles. The van der Waals surface area contributed by atoms with Gasteiger partial charge in [-0.25, -0.2) is 9.78 Å². The SMILES string of the molecule is COC(=O)c1cc(C)ccc1Nc1ccccn1. The van der Waals surface area contributed by atoms with Crippen LogP contribution in [0.25, 0.3) is 0 Å². The van der Waals surface area contributed by atoms with Crippen molar-refractivity contribution in [1.82, 2.24) is 4.98 Å². The second-order valence-corrected chi connectivity index (χ2v) is 3.88. The van der Waals surface area contributed by atoms with Crippen molar-refractivity contribution in [3.8, 4) is 0 Å². The second kappa shape index (κ2) is 5.31. The van der Waals surface area contributed by atoms with Gasteiger partial charge in [0.1, 0.15) is 5.82 Å². The first kappa shape index (κ1) is 12.1. The van der Waals surface area contributed by atoms with Crippen LogP contribution >= 0.6 is 0 Å². The quantitative estimate of drug-likeness (QED) is 0.841. The van der Waals surface area contributed by atoms with Gasteiger partial charge in [0.15, 0.2) is 0 Å². The molecule has 92 valence electrons. The Balaban J connectivity index is 2.35. The average Bonchev–Trinajstić information content (AvgIpc) is 2.41. The number of carbonyl (C=O) groups excluding carboxylic acids is 1. The summed E-state index contributed by atoms with van der Waals surface area (Å²) in [6.45, 7) is 1.93. The number of rotatable bonds is 3. The van der Waals surface area contributed by atoms with E-state index in [4.69, 9.17) is 4.74 Å². The predicted molar refractivity (Wildman–Crippen MR) is 70.0 cm³/mol. The summed E-state index contributed by atoms with van der Waals surface area (Å²) in [7, 11) is 1.37. The van der Waals surface area contributed by atoms with E-state index in [2.05, 4.69) is 10.3 Å². The van der Waals surface area contributed by atoms with E-state index in [9.17, 15) is 4.79 Å². The van der Waals surface area contributed by atoms with Gasteiger partial charge in [0.25, 0.3) is 0 Å². The molecule has 0 spiro atoms. The van der Waals surface area contributed by atoms with Crippen LogP contribution in [-0.2, 0) is 4.74 Å². The first-order valence-corrected chi connectivity index (χ1v) is 5.58. The molecule has 0 aliphatic heterocycles. The third kappa shape index (κ3) is 2.66. The Morgan fingerprint density at radius 2 is 2.11 bits per heavy atom. The Kier molecular flexibility index (Phi) is 3.57. The number of aromatic nitrogens is 1. The van der Waals surface area contributed by atoms with Crippen LogP contribution in [0.1, 0.15) is 15.9 Å². The van der Waals surface area contributed by atoms with Crippen LogP contribution in [0, 0.1) is 6.92 Å². The van der Waals surface area contributed by atoms with Crippen molar-refractivity contribution in [3.63, 3.8) is 0 Å². The number of pyridine rings is 1. The van der Waals surface area contributed by atoms with E-state index >= 15 is 0 Å². The molecule has 0 saturated carbocycles. The number of hydrogen-bond donors (Lipinski definition) is 1. The minimum Gasteiger partial charge on any atom is -0.465 e. The summed E-state index contributed by atoms with van der Waals surface area (Å²) in [5.74, 6) is 0.323. The first-order valence-electron chi connectivity index (χ1n) is 5.58. The van der Waals surface area contributed by atoms with Crippen LogP contribution in [0.4, 0.5) is 11.5 Å². The minimum absolute atomic E-state index is 0.364. The summed E-state index contributed by atoms with van der Waals surface area (Å²) in [6, 6.07) is 11.1. The zero-order valence-electron chi connectivity index (χ0n) is 10.3. The van der Waals surface area contributed by atoms with Gasteiger partial charge in [0.2, 0.25) is 0 Å². The molecule has 2 aromatic rings. The maximum absolute atomic E-state index is 11.7. The average molecular weight is 242 g/mol. The van der Waals surface area contributed by atoms with Crippen molar-refractivity contribution in [1.29, 1.82) is 0 Å². The Hall–Kier alpha value is -2.36. The van der Waals surface area contributed by atoms with Gasteiger partial charge >= 0.3 is 5.97 Å². The molecule has 1 aromatic carbocycles. The molecule has 18 heavy (non-hydrogen) atoms. The molecule has 0 atom stereocenters. The van der Waals surface area contributed by atoms with Gasteiger partial charge in [-0.05, 0) is 31.2 Å². The topological polar surface area (TPSA) is 51.2 Å². The lowest BCUT2D eigenvalue weighted by Gasteiger charge is -2.10. The van der Waals surface area contributed by atoms with Crippen molar-refractivity contribution < 1.29 is 9.53 Å². The number of benzene rings is 1. The second-order valence-electron chi connectivity index (χ2n) is 3.88. The number of ether oxygens (including phenoxy) is 1. The lowest BCUT2D eigenvalue weighted by molar-refractivity contribution is 0.0602. The van der Waals surface area contributed by atoms with Gasteiger partial charge in [-0.1, -0.05) is 17.7 Å². The molecule has 0 aliphatic carbocycles. The Morgan fingerprint density at radius 3 is 2.78 bits per heavy atom. The molecule has 4 nitrogen and oxygen atoms in total. The number of anilines is 2. The Labute approximate surface area is 106 Å². The molecule has 1 N–H and O–H groups in total. The fourth-order valence-electron chi connectivity index (χ4n) is 1.62. The molecule has 0 amide bonds. The van der Waals surface area contributed by atoms with E-state index in [1.165, 1.54) is 7.11 Å². The number of hydrogen-bond acceptors (Lipinski definition) is 4. The van der Waals surface area contributed by atoms with Crippen molar-refractivity contribution in [2.24, 2.45) is 0 Å². The molecule has 1 heterocycles. The van der Waals surface area contributed by atoms with Crippen LogP contribution in [-0.4, -0.2) is 18.1 Å². The largest absolute Gasteiger partial charge is 0.465 e. The summed E-state index contributed by atoms with van der Waals surface area (Å²) < 4.78 is 4.77. The van der Waals surface area contributed by atoms with Crippen LogP contribution in [0.5, 0.6) is 0 Å². The van der Waals surface area contributed by atoms with Crippen LogP contribution in [0.15, 0.2) is 42.6 Å². The summed E-state index contributed by atoms with van der Waals surface area (Å²) in [6.07, 6.45) is 1.69. The highest BCUT2D eigenvalue weighted by Crippen LogP contribution is 2.21. The highest BCUT2D eigenvalue weighted by atomic mass is 16.5. The Morgan fingerprint density at radius 1 is 1.28 bits per heavy atom. The molecule has 1 aromatic heterocycles. The highest BCUT2D eigenvalue weighted by molar-refractivity contribution is 5.96. The third-order valence-corrected chi connectivity index (χ3v) is 2.51. The van der Waals surface area contributed by atoms with E-state index < -0.39 is 0 Å². The number of carbonyl (C=O) groups is 1. The predicted octanol–water partition coefficient (Wildman–Crippen LogP) is 2.92.